The molecule has 0 spiro atoms. The van der Waals surface area contributed by atoms with Gasteiger partial charge in [0.1, 0.15) is 6.61 Å². The van der Waals surface area contributed by atoms with Gasteiger partial charge in [-0.25, -0.2) is 4.42 Å². The Kier molecular flexibility index (Phi) is 8.32. The molecule has 0 amide bonds. The topological polar surface area (TPSA) is 39.0 Å². The molecule has 4 nitrogen and oxygen atoms in total. The summed E-state index contributed by atoms with van der Waals surface area (Å²) < 4.78 is 25.7. The molecule has 0 saturated carbocycles. The zero-order chi connectivity index (χ0) is 24.4. The lowest BCUT2D eigenvalue weighted by Crippen LogP contribution is -2.40. The Balaban J connectivity index is 1.37. The van der Waals surface area contributed by atoms with Gasteiger partial charge < -0.3 is 14.2 Å². The van der Waals surface area contributed by atoms with Gasteiger partial charge in [-0.05, 0) is 28.8 Å². The van der Waals surface area contributed by atoms with Gasteiger partial charge in [-0.15, -0.1) is 0 Å². The molecular formula is C32H31O4+. The second kappa shape index (κ2) is 12.4. The van der Waals surface area contributed by atoms with Crippen molar-refractivity contribution in [2.24, 2.45) is 0 Å². The van der Waals surface area contributed by atoms with Crippen LogP contribution in [0.1, 0.15) is 26.7 Å². The Labute approximate surface area is 212 Å². The number of ketones is 1. The van der Waals surface area contributed by atoms with Gasteiger partial charge in [-0.2, -0.15) is 0 Å². The molecular weight excluding hydrogens is 448 g/mol. The van der Waals surface area contributed by atoms with Crippen molar-refractivity contribution in [3.8, 4) is 0 Å². The average molecular weight is 480 g/mol. The van der Waals surface area contributed by atoms with Crippen LogP contribution in [0.5, 0.6) is 0 Å². The van der Waals surface area contributed by atoms with E-state index in [2.05, 4.69) is 48.5 Å². The van der Waals surface area contributed by atoms with E-state index in [1.165, 1.54) is 0 Å². The fraction of sp³-hybridized carbons (Fsp3) is 0.219. The predicted octanol–water partition coefficient (Wildman–Crippen LogP) is 6.17. The fourth-order valence-corrected chi connectivity index (χ4v) is 4.36. The SMILES string of the molecule is c1ccc(COC[C@H]2[O+]=C(c3ccccc3)[C@H](OCc3ccccc3)[C@@H]2OCc2ccccc2)cc1. The van der Waals surface area contributed by atoms with Crippen molar-refractivity contribution in [3.05, 3.63) is 144 Å². The number of hydrogen-bond acceptors (Lipinski definition) is 3. The maximum absolute atomic E-state index is 6.53. The summed E-state index contributed by atoms with van der Waals surface area (Å²) in [6, 6.07) is 40.7. The molecule has 0 radical (unpaired) electrons. The third-order valence-electron chi connectivity index (χ3n) is 6.21. The van der Waals surface area contributed by atoms with Crippen molar-refractivity contribution in [1.82, 2.24) is 0 Å². The molecule has 4 aromatic rings. The first-order valence-corrected chi connectivity index (χ1v) is 12.4. The first-order chi connectivity index (χ1) is 17.9. The number of hydrogen-bond donors (Lipinski definition) is 0. The quantitative estimate of drug-likeness (QED) is 0.241. The van der Waals surface area contributed by atoms with E-state index in [4.69, 9.17) is 18.6 Å². The molecule has 0 fully saturated rings. The van der Waals surface area contributed by atoms with Gasteiger partial charge in [0.25, 0.3) is 0 Å². The van der Waals surface area contributed by atoms with Crippen molar-refractivity contribution < 1.29 is 18.6 Å². The summed E-state index contributed by atoms with van der Waals surface area (Å²) >= 11 is 0. The highest BCUT2D eigenvalue weighted by atomic mass is 16.6. The van der Waals surface area contributed by atoms with Crippen LogP contribution in [-0.4, -0.2) is 30.7 Å². The molecule has 1 heterocycles. The minimum absolute atomic E-state index is 0.298. The minimum Gasteiger partial charge on any atom is -0.367 e. The molecule has 0 N–H and O–H groups in total. The van der Waals surface area contributed by atoms with Gasteiger partial charge in [0, 0.05) is 0 Å². The molecule has 36 heavy (non-hydrogen) atoms. The second-order valence-electron chi connectivity index (χ2n) is 8.87. The van der Waals surface area contributed by atoms with Crippen LogP contribution in [0, 0.1) is 0 Å². The van der Waals surface area contributed by atoms with E-state index < -0.39 is 0 Å². The maximum atomic E-state index is 6.53. The standard InChI is InChI=1S/C32H31O4/c1-5-13-25(14-6-1)21-33-24-29-31(34-22-26-15-7-2-8-16-26)32(35-23-27-17-9-3-10-18-27)30(36-29)28-19-11-4-12-20-28/h1-20,29,31-32H,21-24H2/q+1/t29-,31-,32+/m1/s1. The molecule has 0 saturated heterocycles. The van der Waals surface area contributed by atoms with Gasteiger partial charge in [-0.1, -0.05) is 109 Å². The summed E-state index contributed by atoms with van der Waals surface area (Å²) in [5.74, 6) is 0.790. The summed E-state index contributed by atoms with van der Waals surface area (Å²) in [5, 5.41) is 0. The van der Waals surface area contributed by atoms with Crippen LogP contribution in [0.2, 0.25) is 0 Å². The molecule has 182 valence electrons. The summed E-state index contributed by atoms with van der Waals surface area (Å²) in [4.78, 5) is 0. The van der Waals surface area contributed by atoms with Gasteiger partial charge in [-0.3, -0.25) is 0 Å². The molecule has 4 aromatic carbocycles. The smallest absolute Gasteiger partial charge is 0.359 e. The van der Waals surface area contributed by atoms with Crippen LogP contribution >= 0.6 is 0 Å². The molecule has 0 aromatic heterocycles. The zero-order valence-electron chi connectivity index (χ0n) is 20.2. The first kappa shape index (κ1) is 24.1. The Morgan fingerprint density at radius 1 is 0.528 bits per heavy atom. The van der Waals surface area contributed by atoms with E-state index in [1.807, 2.05) is 72.8 Å². The van der Waals surface area contributed by atoms with Crippen molar-refractivity contribution in [3.63, 3.8) is 0 Å². The lowest BCUT2D eigenvalue weighted by atomic mass is 10.0. The minimum atomic E-state index is -0.360. The highest BCUT2D eigenvalue weighted by Crippen LogP contribution is 2.27. The number of rotatable bonds is 11. The van der Waals surface area contributed by atoms with E-state index in [-0.39, 0.29) is 18.3 Å². The van der Waals surface area contributed by atoms with Crippen LogP contribution in [-0.2, 0) is 34.0 Å². The van der Waals surface area contributed by atoms with Crippen molar-refractivity contribution in [2.75, 3.05) is 6.61 Å². The Hall–Kier alpha value is -3.57. The fourth-order valence-electron chi connectivity index (χ4n) is 4.36. The third kappa shape index (κ3) is 6.35. The van der Waals surface area contributed by atoms with Gasteiger partial charge in [0.15, 0.2) is 6.10 Å². The van der Waals surface area contributed by atoms with E-state index in [1.54, 1.807) is 0 Å². The summed E-state index contributed by atoms with van der Waals surface area (Å²) in [6.07, 6.45) is -0.977. The van der Waals surface area contributed by atoms with Crippen LogP contribution < -0.4 is 0 Å². The van der Waals surface area contributed by atoms with E-state index in [0.29, 0.717) is 26.4 Å². The third-order valence-corrected chi connectivity index (χ3v) is 6.21. The van der Waals surface area contributed by atoms with Crippen LogP contribution in [0.25, 0.3) is 0 Å². The number of benzene rings is 4. The van der Waals surface area contributed by atoms with E-state index in [0.717, 1.165) is 28.0 Å². The first-order valence-electron chi connectivity index (χ1n) is 12.4. The maximum Gasteiger partial charge on any atom is 0.359 e. The highest BCUT2D eigenvalue weighted by Gasteiger charge is 2.53. The van der Waals surface area contributed by atoms with Crippen molar-refractivity contribution in [1.29, 1.82) is 0 Å². The molecule has 0 aliphatic carbocycles. The van der Waals surface area contributed by atoms with Crippen molar-refractivity contribution in [2.45, 2.75) is 38.1 Å². The highest BCUT2D eigenvalue weighted by molar-refractivity contribution is 6.01. The van der Waals surface area contributed by atoms with Crippen molar-refractivity contribution >= 4 is 5.78 Å². The van der Waals surface area contributed by atoms with Gasteiger partial charge in [0.05, 0.1) is 25.4 Å². The molecule has 1 aliphatic rings. The van der Waals surface area contributed by atoms with Crippen LogP contribution in [0.3, 0.4) is 0 Å². The average Bonchev–Trinajstić information content (AvgIpc) is 3.30. The summed E-state index contributed by atoms with van der Waals surface area (Å²) in [6.45, 7) is 1.85. The Bertz CT molecular complexity index is 1210. The monoisotopic (exact) mass is 479 g/mol. The lowest BCUT2D eigenvalue weighted by Gasteiger charge is -2.19. The lowest BCUT2D eigenvalue weighted by molar-refractivity contribution is -0.348. The summed E-state index contributed by atoms with van der Waals surface area (Å²) in [5.41, 5.74) is 4.34. The zero-order valence-corrected chi connectivity index (χ0v) is 20.2. The molecule has 1 aliphatic heterocycles. The molecule has 5 rings (SSSR count). The Morgan fingerprint density at radius 2 is 1.00 bits per heavy atom. The molecule has 0 unspecified atom stereocenters. The molecule has 3 atom stereocenters. The van der Waals surface area contributed by atoms with E-state index in [9.17, 15) is 0 Å². The van der Waals surface area contributed by atoms with Crippen LogP contribution in [0.4, 0.5) is 0 Å². The predicted molar refractivity (Wildman–Crippen MR) is 141 cm³/mol. The normalized spacial score (nSPS) is 19.2. The number of carbonyl (C=O) groups excluding carboxylic acids is 1. The number of ether oxygens (including phenoxy) is 3. The van der Waals surface area contributed by atoms with Crippen LogP contribution in [0.15, 0.2) is 121 Å². The molecule has 0 bridgehead atoms. The second-order valence-corrected chi connectivity index (χ2v) is 8.87. The Morgan fingerprint density at radius 3 is 1.56 bits per heavy atom. The summed E-state index contributed by atoms with van der Waals surface area (Å²) in [7, 11) is 0. The van der Waals surface area contributed by atoms with Gasteiger partial charge in [0.2, 0.25) is 6.10 Å². The van der Waals surface area contributed by atoms with Gasteiger partial charge >= 0.3 is 11.9 Å². The van der Waals surface area contributed by atoms with E-state index >= 15 is 0 Å². The largest absolute Gasteiger partial charge is 0.367 e. The molecule has 4 heteroatoms.